The van der Waals surface area contributed by atoms with Crippen LogP contribution in [-0.4, -0.2) is 24.1 Å². The zero-order chi connectivity index (χ0) is 19.6. The zero-order valence-corrected chi connectivity index (χ0v) is 16.3. The predicted octanol–water partition coefficient (Wildman–Crippen LogP) is 3.78. The third-order valence-corrected chi connectivity index (χ3v) is 5.67. The Morgan fingerprint density at radius 1 is 1.04 bits per heavy atom. The number of benzene rings is 2. The topological polar surface area (TPSA) is 93.1 Å². The van der Waals surface area contributed by atoms with Crippen molar-refractivity contribution in [3.63, 3.8) is 0 Å². The number of amides is 1. The largest absolute Gasteiger partial charge is 0.305 e. The molecule has 0 radical (unpaired) electrons. The third-order valence-electron chi connectivity index (χ3n) is 3.56. The molecular weight excluding hydrogens is 411 g/mol. The van der Waals surface area contributed by atoms with E-state index in [9.17, 15) is 13.2 Å². The molecule has 0 fully saturated rings. The molecule has 0 spiro atoms. The fourth-order valence-electron chi connectivity index (χ4n) is 2.22. The normalized spacial score (nSPS) is 11.2. The number of sulfonamides is 1. The molecule has 0 saturated carbocycles. The van der Waals surface area contributed by atoms with Crippen molar-refractivity contribution in [3.05, 3.63) is 70.3 Å². The van der Waals surface area contributed by atoms with Crippen LogP contribution >= 0.6 is 23.2 Å². The molecule has 1 heterocycles. The Kier molecular flexibility index (Phi) is 5.41. The number of aryl methyl sites for hydroxylation is 1. The molecule has 27 heavy (non-hydrogen) atoms. The lowest BCUT2D eigenvalue weighted by Crippen LogP contribution is -2.14. The highest BCUT2D eigenvalue weighted by molar-refractivity contribution is 7.92. The lowest BCUT2D eigenvalue weighted by molar-refractivity contribution is 0.102. The minimum Gasteiger partial charge on any atom is -0.305 e. The molecule has 10 heteroatoms. The summed E-state index contributed by atoms with van der Waals surface area (Å²) in [5.41, 5.74) is 0.661. The van der Waals surface area contributed by atoms with E-state index in [1.165, 1.54) is 42.5 Å². The van der Waals surface area contributed by atoms with Crippen LogP contribution < -0.4 is 10.0 Å². The van der Waals surface area contributed by atoms with Gasteiger partial charge in [-0.05, 0) is 42.5 Å². The van der Waals surface area contributed by atoms with Crippen molar-refractivity contribution in [2.24, 2.45) is 7.05 Å². The summed E-state index contributed by atoms with van der Waals surface area (Å²) in [5.74, 6) is 0.0690. The van der Waals surface area contributed by atoms with Gasteiger partial charge in [-0.2, -0.15) is 5.10 Å². The van der Waals surface area contributed by atoms with Gasteiger partial charge in [-0.25, -0.2) is 8.42 Å². The van der Waals surface area contributed by atoms with Crippen molar-refractivity contribution in [2.75, 3.05) is 10.0 Å². The van der Waals surface area contributed by atoms with E-state index in [-0.39, 0.29) is 20.8 Å². The molecular formula is C17H14Cl2N4O3S. The van der Waals surface area contributed by atoms with Gasteiger partial charge in [0.2, 0.25) is 0 Å². The Balaban J connectivity index is 1.73. The van der Waals surface area contributed by atoms with Gasteiger partial charge in [-0.1, -0.05) is 23.2 Å². The maximum Gasteiger partial charge on any atom is 0.261 e. The Bertz CT molecular complexity index is 1100. The summed E-state index contributed by atoms with van der Waals surface area (Å²) < 4.78 is 28.8. The Hall–Kier alpha value is -2.55. The van der Waals surface area contributed by atoms with Crippen LogP contribution in [0.2, 0.25) is 10.0 Å². The van der Waals surface area contributed by atoms with E-state index in [0.29, 0.717) is 17.1 Å². The minimum atomic E-state index is -3.84. The van der Waals surface area contributed by atoms with E-state index in [1.54, 1.807) is 24.0 Å². The Morgan fingerprint density at radius 2 is 1.74 bits per heavy atom. The quantitative estimate of drug-likeness (QED) is 0.651. The molecule has 2 N–H and O–H groups in total. The third kappa shape index (κ3) is 4.60. The molecule has 0 atom stereocenters. The first-order valence-corrected chi connectivity index (χ1v) is 9.87. The first-order chi connectivity index (χ1) is 12.7. The van der Waals surface area contributed by atoms with Gasteiger partial charge in [-0.3, -0.25) is 14.2 Å². The summed E-state index contributed by atoms with van der Waals surface area (Å²) in [4.78, 5) is 12.2. The molecule has 0 aliphatic carbocycles. The molecule has 0 aliphatic heterocycles. The molecule has 2 aromatic carbocycles. The summed E-state index contributed by atoms with van der Waals surface area (Å²) in [7, 11) is -2.10. The number of nitrogens with zero attached hydrogens (tertiary/aromatic N) is 2. The van der Waals surface area contributed by atoms with Crippen molar-refractivity contribution in [2.45, 2.75) is 4.90 Å². The number of halogens is 2. The van der Waals surface area contributed by atoms with Crippen LogP contribution in [0.3, 0.4) is 0 Å². The second kappa shape index (κ2) is 7.59. The van der Waals surface area contributed by atoms with Crippen LogP contribution in [0.4, 0.5) is 11.5 Å². The van der Waals surface area contributed by atoms with Gasteiger partial charge < -0.3 is 5.32 Å². The van der Waals surface area contributed by atoms with Crippen molar-refractivity contribution in [3.8, 4) is 0 Å². The first kappa shape index (κ1) is 19.2. The van der Waals surface area contributed by atoms with Crippen LogP contribution in [0.15, 0.2) is 59.6 Å². The molecule has 140 valence electrons. The number of aromatic nitrogens is 2. The van der Waals surface area contributed by atoms with Crippen molar-refractivity contribution >= 4 is 50.6 Å². The number of anilines is 2. The molecule has 1 aromatic heterocycles. The molecule has 7 nitrogen and oxygen atoms in total. The highest BCUT2D eigenvalue weighted by atomic mass is 35.5. The van der Waals surface area contributed by atoms with Gasteiger partial charge in [0.05, 0.1) is 14.9 Å². The second-order valence-corrected chi connectivity index (χ2v) is 8.08. The summed E-state index contributed by atoms with van der Waals surface area (Å²) >= 11 is 11.7. The maximum atomic E-state index is 12.4. The standard InChI is InChI=1S/C17H14Cl2N4O3S/c1-23-9-8-16(21-23)20-17(24)11-2-4-12(5-3-11)22-27(25,26)13-6-7-14(18)15(19)10-13/h2-10,22H,1H3,(H,20,21,24). The smallest absolute Gasteiger partial charge is 0.261 e. The minimum absolute atomic E-state index is 0.0196. The average Bonchev–Trinajstić information content (AvgIpc) is 3.02. The molecule has 0 bridgehead atoms. The van der Waals surface area contributed by atoms with Gasteiger partial charge >= 0.3 is 0 Å². The van der Waals surface area contributed by atoms with Gasteiger partial charge in [0.15, 0.2) is 5.82 Å². The Labute approximate surface area is 166 Å². The van der Waals surface area contributed by atoms with E-state index in [4.69, 9.17) is 23.2 Å². The van der Waals surface area contributed by atoms with E-state index >= 15 is 0 Å². The van der Waals surface area contributed by atoms with Gasteiger partial charge in [0.1, 0.15) is 0 Å². The van der Waals surface area contributed by atoms with Crippen LogP contribution in [0.1, 0.15) is 10.4 Å². The lowest BCUT2D eigenvalue weighted by atomic mass is 10.2. The molecule has 0 aliphatic rings. The fraction of sp³-hybridized carbons (Fsp3) is 0.0588. The maximum absolute atomic E-state index is 12.4. The summed E-state index contributed by atoms with van der Waals surface area (Å²) in [6.45, 7) is 0. The molecule has 3 aromatic rings. The lowest BCUT2D eigenvalue weighted by Gasteiger charge is -2.09. The van der Waals surface area contributed by atoms with E-state index < -0.39 is 10.0 Å². The second-order valence-electron chi connectivity index (χ2n) is 5.59. The molecule has 3 rings (SSSR count). The number of nitrogens with one attached hydrogen (secondary N) is 2. The van der Waals surface area contributed by atoms with E-state index in [2.05, 4.69) is 15.1 Å². The number of carbonyl (C=O) groups excluding carboxylic acids is 1. The molecule has 0 saturated heterocycles. The van der Waals surface area contributed by atoms with E-state index in [1.807, 2.05) is 0 Å². The fourth-order valence-corrected chi connectivity index (χ4v) is 3.67. The van der Waals surface area contributed by atoms with Gasteiger partial charge in [-0.15, -0.1) is 0 Å². The number of carbonyl (C=O) groups is 1. The van der Waals surface area contributed by atoms with Crippen molar-refractivity contribution < 1.29 is 13.2 Å². The highest BCUT2D eigenvalue weighted by Gasteiger charge is 2.16. The van der Waals surface area contributed by atoms with Crippen LogP contribution in [0.5, 0.6) is 0 Å². The molecule has 0 unspecified atom stereocenters. The number of hydrogen-bond donors (Lipinski definition) is 2. The highest BCUT2D eigenvalue weighted by Crippen LogP contribution is 2.26. The van der Waals surface area contributed by atoms with Crippen molar-refractivity contribution in [1.29, 1.82) is 0 Å². The first-order valence-electron chi connectivity index (χ1n) is 7.63. The van der Waals surface area contributed by atoms with Gasteiger partial charge in [0, 0.05) is 30.6 Å². The number of rotatable bonds is 5. The van der Waals surface area contributed by atoms with Crippen LogP contribution in [-0.2, 0) is 17.1 Å². The summed E-state index contributed by atoms with van der Waals surface area (Å²) in [6.07, 6.45) is 1.70. The monoisotopic (exact) mass is 424 g/mol. The predicted molar refractivity (Wildman–Crippen MR) is 105 cm³/mol. The van der Waals surface area contributed by atoms with Crippen molar-refractivity contribution in [1.82, 2.24) is 9.78 Å². The summed E-state index contributed by atoms with van der Waals surface area (Å²) in [5, 5.41) is 7.11. The van der Waals surface area contributed by atoms with Gasteiger partial charge in [0.25, 0.3) is 15.9 Å². The average molecular weight is 425 g/mol. The van der Waals surface area contributed by atoms with Crippen LogP contribution in [0.25, 0.3) is 0 Å². The number of hydrogen-bond acceptors (Lipinski definition) is 4. The SMILES string of the molecule is Cn1ccc(NC(=O)c2ccc(NS(=O)(=O)c3ccc(Cl)c(Cl)c3)cc2)n1. The zero-order valence-electron chi connectivity index (χ0n) is 14.0. The van der Waals surface area contributed by atoms with Crippen LogP contribution in [0, 0.1) is 0 Å². The Morgan fingerprint density at radius 3 is 2.33 bits per heavy atom. The molecule has 1 amide bonds. The van der Waals surface area contributed by atoms with E-state index in [0.717, 1.165) is 0 Å². The summed E-state index contributed by atoms with van der Waals surface area (Å²) in [6, 6.07) is 11.7.